The second-order valence-corrected chi connectivity index (χ2v) is 6.95. The summed E-state index contributed by atoms with van der Waals surface area (Å²) in [6.45, 7) is 4.45. The van der Waals surface area contributed by atoms with Gasteiger partial charge in [-0.2, -0.15) is 0 Å². The predicted octanol–water partition coefficient (Wildman–Crippen LogP) is 3.58. The maximum Gasteiger partial charge on any atom is 0.303 e. The number of oxime groups is 3. The van der Waals surface area contributed by atoms with Crippen LogP contribution in [0, 0.1) is 0 Å². The molecule has 1 heterocycles. The van der Waals surface area contributed by atoms with Crippen LogP contribution in [-0.2, 0) is 24.1 Å². The molecule has 0 aliphatic carbocycles. The number of carbonyl (C=O) groups is 2. The molecule has 10 heteroatoms. The van der Waals surface area contributed by atoms with Crippen molar-refractivity contribution in [3.05, 3.63) is 29.6 Å². The van der Waals surface area contributed by atoms with Crippen molar-refractivity contribution in [3.63, 3.8) is 0 Å². The average Bonchev–Trinajstić information content (AvgIpc) is 2.76. The summed E-state index contributed by atoms with van der Waals surface area (Å²) in [6.07, 6.45) is 8.04. The Labute approximate surface area is 188 Å². The van der Waals surface area contributed by atoms with Crippen molar-refractivity contribution in [2.75, 3.05) is 19.8 Å². The number of ketones is 1. The molecule has 0 fully saturated rings. The molecule has 0 saturated heterocycles. The SMILES string of the molecule is CC(=O)/C(C)=N/OCCCCCCO/N=C/c1cccc(/C=N\OCCCCC(=O)O)n1. The fourth-order valence-corrected chi connectivity index (χ4v) is 2.24. The van der Waals surface area contributed by atoms with E-state index in [0.717, 1.165) is 25.7 Å². The highest BCUT2D eigenvalue weighted by molar-refractivity contribution is 6.37. The summed E-state index contributed by atoms with van der Waals surface area (Å²) in [4.78, 5) is 41.2. The number of hydrogen-bond acceptors (Lipinski definition) is 9. The molecule has 1 N–H and O–H groups in total. The number of aromatic nitrogens is 1. The number of hydrogen-bond donors (Lipinski definition) is 1. The molecule has 0 spiro atoms. The quantitative estimate of drug-likeness (QED) is 0.206. The largest absolute Gasteiger partial charge is 0.481 e. The summed E-state index contributed by atoms with van der Waals surface area (Å²) in [5.41, 5.74) is 1.63. The Balaban J connectivity index is 2.12. The first-order chi connectivity index (χ1) is 15.5. The highest BCUT2D eigenvalue weighted by Gasteiger charge is 1.98. The lowest BCUT2D eigenvalue weighted by molar-refractivity contribution is -0.137. The number of aliphatic carboxylic acids is 1. The van der Waals surface area contributed by atoms with Crippen LogP contribution in [0.25, 0.3) is 0 Å². The summed E-state index contributed by atoms with van der Waals surface area (Å²) in [5, 5.41) is 20.0. The lowest BCUT2D eigenvalue weighted by atomic mass is 10.2. The zero-order valence-corrected chi connectivity index (χ0v) is 18.7. The van der Waals surface area contributed by atoms with Gasteiger partial charge < -0.3 is 19.6 Å². The third kappa shape index (κ3) is 14.6. The number of unbranched alkanes of at least 4 members (excludes halogenated alkanes) is 4. The number of carbonyl (C=O) groups excluding carboxylic acids is 1. The summed E-state index contributed by atoms with van der Waals surface area (Å²) in [7, 11) is 0. The molecule has 0 aliphatic heterocycles. The van der Waals surface area contributed by atoms with Gasteiger partial charge in [0.15, 0.2) is 5.78 Å². The van der Waals surface area contributed by atoms with Crippen molar-refractivity contribution >= 4 is 29.9 Å². The fourth-order valence-electron chi connectivity index (χ4n) is 2.24. The molecule has 32 heavy (non-hydrogen) atoms. The molecule has 10 nitrogen and oxygen atoms in total. The number of nitrogens with zero attached hydrogens (tertiary/aromatic N) is 4. The van der Waals surface area contributed by atoms with E-state index in [-0.39, 0.29) is 12.2 Å². The first kappa shape index (κ1) is 26.7. The smallest absolute Gasteiger partial charge is 0.303 e. The molecule has 176 valence electrons. The molecule has 0 radical (unpaired) electrons. The van der Waals surface area contributed by atoms with Crippen LogP contribution in [0.2, 0.25) is 0 Å². The van der Waals surface area contributed by atoms with Gasteiger partial charge in [-0.15, -0.1) is 0 Å². The first-order valence-electron chi connectivity index (χ1n) is 10.7. The molecule has 0 bridgehead atoms. The third-order valence-corrected chi connectivity index (χ3v) is 4.12. The normalized spacial score (nSPS) is 11.8. The maximum absolute atomic E-state index is 11.0. The fraction of sp³-hybridized carbons (Fsp3) is 0.545. The molecule has 0 saturated carbocycles. The molecule has 0 amide bonds. The van der Waals surface area contributed by atoms with E-state index in [9.17, 15) is 9.59 Å². The van der Waals surface area contributed by atoms with Crippen LogP contribution in [-0.4, -0.2) is 59.8 Å². The zero-order chi connectivity index (χ0) is 23.4. The lowest BCUT2D eigenvalue weighted by Crippen LogP contribution is -2.05. The standard InChI is InChI=1S/C22H32N4O6/c1-18(19(2)27)26-32-15-7-4-3-6-13-30-23-16-20-10-9-11-21(25-20)17-24-31-14-8-5-12-22(28)29/h9-11,16-17H,3-8,12-15H2,1-2H3,(H,28,29)/b23-16+,24-17-,26-18+. The molecule has 1 rings (SSSR count). The molecule has 0 aliphatic rings. The van der Waals surface area contributed by atoms with Crippen LogP contribution in [0.15, 0.2) is 33.7 Å². The van der Waals surface area contributed by atoms with Crippen LogP contribution in [0.3, 0.4) is 0 Å². The Morgan fingerprint density at radius 1 is 0.875 bits per heavy atom. The highest BCUT2D eigenvalue weighted by atomic mass is 16.6. The van der Waals surface area contributed by atoms with Gasteiger partial charge in [0.2, 0.25) is 0 Å². The molecule has 1 aromatic heterocycles. The van der Waals surface area contributed by atoms with Crippen LogP contribution < -0.4 is 0 Å². The Bertz CT molecular complexity index is 779. The first-order valence-corrected chi connectivity index (χ1v) is 10.7. The molecule has 0 atom stereocenters. The molecule has 0 unspecified atom stereocenters. The van der Waals surface area contributed by atoms with Crippen molar-refractivity contribution in [1.29, 1.82) is 0 Å². The summed E-state index contributed by atoms with van der Waals surface area (Å²) < 4.78 is 0. The summed E-state index contributed by atoms with van der Waals surface area (Å²) in [5.74, 6) is -0.900. The lowest BCUT2D eigenvalue weighted by Gasteiger charge is -2.01. The van der Waals surface area contributed by atoms with E-state index in [0.29, 0.717) is 49.8 Å². The minimum Gasteiger partial charge on any atom is -0.481 e. The van der Waals surface area contributed by atoms with Gasteiger partial charge in [-0.25, -0.2) is 4.98 Å². The van der Waals surface area contributed by atoms with Crippen LogP contribution in [0.4, 0.5) is 0 Å². The van der Waals surface area contributed by atoms with Gasteiger partial charge >= 0.3 is 5.97 Å². The van der Waals surface area contributed by atoms with Gasteiger partial charge in [0, 0.05) is 13.3 Å². The van der Waals surface area contributed by atoms with E-state index in [4.69, 9.17) is 19.6 Å². The predicted molar refractivity (Wildman–Crippen MR) is 121 cm³/mol. The third-order valence-electron chi connectivity index (χ3n) is 4.12. The second-order valence-electron chi connectivity index (χ2n) is 6.95. The molecule has 1 aromatic rings. The van der Waals surface area contributed by atoms with Crippen molar-refractivity contribution in [2.24, 2.45) is 15.5 Å². The topological polar surface area (TPSA) is 132 Å². The molecule has 0 aromatic carbocycles. The van der Waals surface area contributed by atoms with Crippen LogP contribution in [0.1, 0.15) is 70.2 Å². The molecular formula is C22H32N4O6. The minimum atomic E-state index is -0.811. The minimum absolute atomic E-state index is 0.0893. The second kappa shape index (κ2) is 17.4. The number of carboxylic acid groups (broad SMARTS) is 1. The van der Waals surface area contributed by atoms with E-state index in [2.05, 4.69) is 20.5 Å². The van der Waals surface area contributed by atoms with Gasteiger partial charge in [0.25, 0.3) is 0 Å². The zero-order valence-electron chi connectivity index (χ0n) is 18.7. The highest BCUT2D eigenvalue weighted by Crippen LogP contribution is 2.02. The van der Waals surface area contributed by atoms with Gasteiger partial charge in [-0.1, -0.05) is 21.5 Å². The van der Waals surface area contributed by atoms with Crippen molar-refractivity contribution < 1.29 is 29.2 Å². The van der Waals surface area contributed by atoms with E-state index in [1.54, 1.807) is 19.1 Å². The van der Waals surface area contributed by atoms with Crippen molar-refractivity contribution in [2.45, 2.75) is 58.8 Å². The van der Waals surface area contributed by atoms with Gasteiger partial charge in [-0.05, 0) is 57.6 Å². The number of pyridine rings is 1. The summed E-state index contributed by atoms with van der Waals surface area (Å²) in [6, 6.07) is 5.41. The van der Waals surface area contributed by atoms with Crippen LogP contribution >= 0.6 is 0 Å². The van der Waals surface area contributed by atoms with Crippen molar-refractivity contribution in [1.82, 2.24) is 4.98 Å². The Morgan fingerprint density at radius 2 is 1.41 bits per heavy atom. The Kier molecular flexibility index (Phi) is 14.5. The van der Waals surface area contributed by atoms with Crippen LogP contribution in [0.5, 0.6) is 0 Å². The summed E-state index contributed by atoms with van der Waals surface area (Å²) >= 11 is 0. The number of carboxylic acids is 1. The van der Waals surface area contributed by atoms with Gasteiger partial charge in [0.1, 0.15) is 25.5 Å². The van der Waals surface area contributed by atoms with Crippen molar-refractivity contribution in [3.8, 4) is 0 Å². The maximum atomic E-state index is 11.0. The number of rotatable bonds is 18. The monoisotopic (exact) mass is 448 g/mol. The average molecular weight is 449 g/mol. The Hall–Kier alpha value is -3.30. The van der Waals surface area contributed by atoms with E-state index in [1.807, 2.05) is 6.07 Å². The van der Waals surface area contributed by atoms with E-state index < -0.39 is 5.97 Å². The van der Waals surface area contributed by atoms with Gasteiger partial charge in [-0.3, -0.25) is 9.59 Å². The van der Waals surface area contributed by atoms with Gasteiger partial charge in [0.05, 0.1) is 23.8 Å². The van der Waals surface area contributed by atoms with E-state index in [1.165, 1.54) is 19.4 Å². The number of Topliss-reactive ketones (excluding diaryl/α,β-unsaturated/α-hetero) is 1. The molecular weight excluding hydrogens is 416 g/mol. The Morgan fingerprint density at radius 3 is 1.94 bits per heavy atom. The van der Waals surface area contributed by atoms with E-state index >= 15 is 0 Å².